The van der Waals surface area contributed by atoms with Gasteiger partial charge in [0, 0.05) is 38.6 Å². The molecule has 0 spiro atoms. The van der Waals surface area contributed by atoms with Gasteiger partial charge in [-0.25, -0.2) is 0 Å². The van der Waals surface area contributed by atoms with Crippen molar-refractivity contribution in [2.24, 2.45) is 10.9 Å². The Hall–Kier alpha value is -1.06. The molecule has 2 aliphatic heterocycles. The summed E-state index contributed by atoms with van der Waals surface area (Å²) < 4.78 is 5.18. The van der Waals surface area contributed by atoms with Gasteiger partial charge in [-0.3, -0.25) is 14.6 Å². The zero-order valence-electron chi connectivity index (χ0n) is 17.6. The standard InChI is InChI=1S/C20H36N4O3.HI/c1-4-21-20(23-13-8-10-17(15-23)19(26)27-5-2)22-12-11-18(25)24-14-7-6-9-16(24)3;/h16-17H,4-15H2,1-3H3,(H,21,22);1H/t16?,17-;/m0./s1. The topological polar surface area (TPSA) is 74.2 Å². The fourth-order valence-electron chi connectivity index (χ4n) is 3.92. The van der Waals surface area contributed by atoms with E-state index >= 15 is 0 Å². The van der Waals surface area contributed by atoms with Gasteiger partial charge in [0.2, 0.25) is 5.91 Å². The first kappa shape index (κ1) is 25.0. The summed E-state index contributed by atoms with van der Waals surface area (Å²) in [4.78, 5) is 33.4. The maximum absolute atomic E-state index is 12.5. The van der Waals surface area contributed by atoms with Gasteiger partial charge < -0.3 is 19.9 Å². The van der Waals surface area contributed by atoms with Crippen LogP contribution in [0, 0.1) is 5.92 Å². The molecule has 1 N–H and O–H groups in total. The number of carbonyl (C=O) groups excluding carboxylic acids is 2. The van der Waals surface area contributed by atoms with Crippen LogP contribution < -0.4 is 5.32 Å². The quantitative estimate of drug-likeness (QED) is 0.259. The number of guanidine groups is 1. The van der Waals surface area contributed by atoms with E-state index in [1.165, 1.54) is 6.42 Å². The van der Waals surface area contributed by atoms with E-state index in [0.29, 0.717) is 32.2 Å². The fourth-order valence-corrected chi connectivity index (χ4v) is 3.92. The summed E-state index contributed by atoms with van der Waals surface area (Å²) in [5, 5.41) is 3.30. The Morgan fingerprint density at radius 1 is 1.14 bits per heavy atom. The van der Waals surface area contributed by atoms with Gasteiger partial charge in [-0.05, 0) is 52.9 Å². The molecule has 0 saturated carbocycles. The molecule has 2 atom stereocenters. The minimum Gasteiger partial charge on any atom is -0.466 e. The number of nitrogens with one attached hydrogen (secondary N) is 1. The summed E-state index contributed by atoms with van der Waals surface area (Å²) in [6, 6.07) is 0.343. The fraction of sp³-hybridized carbons (Fsp3) is 0.850. The second-order valence-electron chi connectivity index (χ2n) is 7.45. The van der Waals surface area contributed by atoms with Crippen molar-refractivity contribution in [3.63, 3.8) is 0 Å². The molecule has 0 aromatic carbocycles. The third kappa shape index (κ3) is 7.40. The van der Waals surface area contributed by atoms with Gasteiger partial charge in [0.05, 0.1) is 19.1 Å². The summed E-state index contributed by atoms with van der Waals surface area (Å²) in [6.07, 6.45) is 5.66. The number of nitrogens with zero attached hydrogens (tertiary/aromatic N) is 3. The van der Waals surface area contributed by atoms with Gasteiger partial charge >= 0.3 is 5.97 Å². The smallest absolute Gasteiger partial charge is 0.310 e. The van der Waals surface area contributed by atoms with Gasteiger partial charge in [0.1, 0.15) is 0 Å². The van der Waals surface area contributed by atoms with E-state index in [-0.39, 0.29) is 41.8 Å². The molecule has 0 aromatic rings. The van der Waals surface area contributed by atoms with Crippen LogP contribution in [-0.2, 0) is 14.3 Å². The Kier molecular flexibility index (Phi) is 11.8. The molecular formula is C20H37IN4O3. The Labute approximate surface area is 186 Å². The number of hydrogen-bond donors (Lipinski definition) is 1. The third-order valence-corrected chi connectivity index (χ3v) is 5.39. The van der Waals surface area contributed by atoms with Crippen LogP contribution in [0.25, 0.3) is 0 Å². The zero-order valence-corrected chi connectivity index (χ0v) is 19.9. The van der Waals surface area contributed by atoms with Gasteiger partial charge in [0.15, 0.2) is 5.96 Å². The van der Waals surface area contributed by atoms with Crippen molar-refractivity contribution in [3.05, 3.63) is 0 Å². The number of ether oxygens (including phenoxy) is 1. The molecule has 1 amide bonds. The Morgan fingerprint density at radius 3 is 2.61 bits per heavy atom. The summed E-state index contributed by atoms with van der Waals surface area (Å²) in [5.41, 5.74) is 0. The first-order valence-electron chi connectivity index (χ1n) is 10.6. The summed E-state index contributed by atoms with van der Waals surface area (Å²) in [7, 11) is 0. The number of carbonyl (C=O) groups is 2. The Bertz CT molecular complexity index is 530. The molecule has 162 valence electrons. The Morgan fingerprint density at radius 2 is 1.93 bits per heavy atom. The van der Waals surface area contributed by atoms with E-state index < -0.39 is 0 Å². The molecule has 2 saturated heterocycles. The number of halogens is 1. The number of piperidine rings is 2. The van der Waals surface area contributed by atoms with Crippen molar-refractivity contribution in [1.82, 2.24) is 15.1 Å². The van der Waals surface area contributed by atoms with Gasteiger partial charge in [0.25, 0.3) is 0 Å². The molecule has 8 heteroatoms. The van der Waals surface area contributed by atoms with Crippen LogP contribution in [-0.4, -0.2) is 73.0 Å². The average molecular weight is 508 g/mol. The second kappa shape index (κ2) is 13.2. The highest BCUT2D eigenvalue weighted by molar-refractivity contribution is 14.0. The van der Waals surface area contributed by atoms with E-state index in [0.717, 1.165) is 51.3 Å². The van der Waals surface area contributed by atoms with Crippen LogP contribution in [0.1, 0.15) is 59.3 Å². The van der Waals surface area contributed by atoms with Gasteiger partial charge in [-0.15, -0.1) is 24.0 Å². The number of amides is 1. The Balaban J connectivity index is 0.00000392. The minimum atomic E-state index is -0.118. The lowest BCUT2D eigenvalue weighted by atomic mass is 9.98. The van der Waals surface area contributed by atoms with E-state index in [9.17, 15) is 9.59 Å². The lowest BCUT2D eigenvalue weighted by molar-refractivity contribution is -0.149. The largest absolute Gasteiger partial charge is 0.466 e. The van der Waals surface area contributed by atoms with Crippen molar-refractivity contribution in [1.29, 1.82) is 0 Å². The van der Waals surface area contributed by atoms with Crippen molar-refractivity contribution < 1.29 is 14.3 Å². The molecule has 2 fully saturated rings. The van der Waals surface area contributed by atoms with Crippen molar-refractivity contribution >= 4 is 41.8 Å². The number of aliphatic imine (C=N–C) groups is 1. The van der Waals surface area contributed by atoms with Gasteiger partial charge in [-0.1, -0.05) is 0 Å². The lowest BCUT2D eigenvalue weighted by Gasteiger charge is -2.34. The molecule has 2 aliphatic rings. The number of likely N-dealkylation sites (tertiary alicyclic amines) is 2. The normalized spacial score (nSPS) is 23.0. The molecule has 2 rings (SSSR count). The third-order valence-electron chi connectivity index (χ3n) is 5.39. The van der Waals surface area contributed by atoms with E-state index in [4.69, 9.17) is 4.74 Å². The lowest BCUT2D eigenvalue weighted by Crippen LogP contribution is -2.48. The highest BCUT2D eigenvalue weighted by Gasteiger charge is 2.28. The number of rotatable bonds is 6. The molecule has 7 nitrogen and oxygen atoms in total. The molecule has 0 bridgehead atoms. The SMILES string of the molecule is CCNC(=NCCC(=O)N1CCCCC1C)N1CCC[C@H](C(=O)OCC)C1.I. The predicted octanol–water partition coefficient (Wildman–Crippen LogP) is 2.64. The van der Waals surface area contributed by atoms with Crippen molar-refractivity contribution in [3.8, 4) is 0 Å². The second-order valence-corrected chi connectivity index (χ2v) is 7.45. The minimum absolute atomic E-state index is 0. The van der Waals surface area contributed by atoms with Crippen LogP contribution in [0.15, 0.2) is 4.99 Å². The molecule has 0 aliphatic carbocycles. The first-order valence-corrected chi connectivity index (χ1v) is 10.6. The highest BCUT2D eigenvalue weighted by Crippen LogP contribution is 2.19. The van der Waals surface area contributed by atoms with Crippen LogP contribution >= 0.6 is 24.0 Å². The van der Waals surface area contributed by atoms with Crippen molar-refractivity contribution in [2.75, 3.05) is 39.3 Å². The van der Waals surface area contributed by atoms with Crippen molar-refractivity contribution in [2.45, 2.75) is 65.3 Å². The predicted molar refractivity (Wildman–Crippen MR) is 122 cm³/mol. The number of esters is 1. The van der Waals surface area contributed by atoms with Crippen LogP contribution in [0.4, 0.5) is 0 Å². The summed E-state index contributed by atoms with van der Waals surface area (Å²) in [5.74, 6) is 0.779. The average Bonchev–Trinajstić information content (AvgIpc) is 2.68. The maximum atomic E-state index is 12.5. The molecule has 1 unspecified atom stereocenters. The first-order chi connectivity index (χ1) is 13.1. The monoisotopic (exact) mass is 508 g/mol. The van der Waals surface area contributed by atoms with Gasteiger partial charge in [-0.2, -0.15) is 0 Å². The highest BCUT2D eigenvalue weighted by atomic mass is 127. The summed E-state index contributed by atoms with van der Waals surface area (Å²) in [6.45, 7) is 10.0. The molecular weight excluding hydrogens is 471 g/mol. The van der Waals surface area contributed by atoms with E-state index in [1.54, 1.807) is 0 Å². The zero-order chi connectivity index (χ0) is 19.6. The van der Waals surface area contributed by atoms with Crippen LogP contribution in [0.2, 0.25) is 0 Å². The molecule has 0 aromatic heterocycles. The summed E-state index contributed by atoms with van der Waals surface area (Å²) >= 11 is 0. The number of hydrogen-bond acceptors (Lipinski definition) is 4. The van der Waals surface area contributed by atoms with E-state index in [2.05, 4.69) is 22.1 Å². The molecule has 2 heterocycles. The van der Waals surface area contributed by atoms with Crippen LogP contribution in [0.3, 0.4) is 0 Å². The molecule has 28 heavy (non-hydrogen) atoms. The van der Waals surface area contributed by atoms with Crippen LogP contribution in [0.5, 0.6) is 0 Å². The molecule has 0 radical (unpaired) electrons. The maximum Gasteiger partial charge on any atom is 0.310 e. The van der Waals surface area contributed by atoms with E-state index in [1.807, 2.05) is 18.7 Å².